The molecule has 0 aliphatic carbocycles. The third-order valence-corrected chi connectivity index (χ3v) is 2.16. The molecule has 0 aromatic heterocycles. The fourth-order valence-corrected chi connectivity index (χ4v) is 1.46. The molecule has 7 heteroatoms. The van der Waals surface area contributed by atoms with Crippen LogP contribution in [0.15, 0.2) is 23.3 Å². The van der Waals surface area contributed by atoms with E-state index in [4.69, 9.17) is 15.7 Å². The Hall–Kier alpha value is -2.53. The summed E-state index contributed by atoms with van der Waals surface area (Å²) in [7, 11) is 0. The number of azide groups is 1. The Morgan fingerprint density at radius 3 is 2.18 bits per heavy atom. The van der Waals surface area contributed by atoms with E-state index in [1.54, 1.807) is 0 Å². The van der Waals surface area contributed by atoms with Crippen LogP contribution in [0.3, 0.4) is 0 Å². The van der Waals surface area contributed by atoms with Crippen molar-refractivity contribution in [2.45, 2.75) is 6.42 Å². The number of hydrogen-bond acceptors (Lipinski definition) is 3. The zero-order valence-corrected chi connectivity index (χ0v) is 8.70. The van der Waals surface area contributed by atoms with Crippen molar-refractivity contribution in [3.63, 3.8) is 0 Å². The van der Waals surface area contributed by atoms with Crippen LogP contribution in [0.2, 0.25) is 0 Å². The fraction of sp³-hybridized carbons (Fsp3) is 0.200. The van der Waals surface area contributed by atoms with Crippen molar-refractivity contribution >= 4 is 11.9 Å². The van der Waals surface area contributed by atoms with Crippen LogP contribution in [0.1, 0.15) is 26.3 Å². The lowest BCUT2D eigenvalue weighted by Gasteiger charge is -2.08. The smallest absolute Gasteiger partial charge is 0.335 e. The summed E-state index contributed by atoms with van der Waals surface area (Å²) in [6.07, 6.45) is 0.0775. The second-order valence-electron chi connectivity index (χ2n) is 3.15. The molecule has 0 fully saturated rings. The number of hydrogen-bond donors (Lipinski definition) is 2. The molecule has 0 bridgehead atoms. The highest BCUT2D eigenvalue weighted by atomic mass is 16.4. The lowest BCUT2D eigenvalue weighted by atomic mass is 9.98. The minimum Gasteiger partial charge on any atom is -0.478 e. The number of aromatic carboxylic acids is 2. The molecule has 7 nitrogen and oxygen atoms in total. The Bertz CT molecular complexity index is 474. The van der Waals surface area contributed by atoms with Gasteiger partial charge in [0.25, 0.3) is 0 Å². The molecule has 1 aromatic carbocycles. The second kappa shape index (κ2) is 5.53. The second-order valence-corrected chi connectivity index (χ2v) is 3.15. The maximum atomic E-state index is 10.9. The first-order valence-electron chi connectivity index (χ1n) is 4.67. The third kappa shape index (κ3) is 2.96. The van der Waals surface area contributed by atoms with Gasteiger partial charge >= 0.3 is 11.9 Å². The maximum absolute atomic E-state index is 10.9. The van der Waals surface area contributed by atoms with Gasteiger partial charge in [-0.1, -0.05) is 11.2 Å². The molecular formula is C10H9N3O4. The fourth-order valence-electron chi connectivity index (χ4n) is 1.46. The molecule has 0 heterocycles. The molecule has 88 valence electrons. The highest BCUT2D eigenvalue weighted by molar-refractivity contribution is 5.96. The average Bonchev–Trinajstić information content (AvgIpc) is 2.28. The van der Waals surface area contributed by atoms with E-state index in [9.17, 15) is 9.59 Å². The number of nitrogens with zero attached hydrogens (tertiary/aromatic N) is 3. The number of rotatable bonds is 5. The Labute approximate surface area is 95.9 Å². The summed E-state index contributed by atoms with van der Waals surface area (Å²) >= 11 is 0. The number of carboxylic acids is 2. The lowest BCUT2D eigenvalue weighted by Crippen LogP contribution is -2.10. The normalized spacial score (nSPS) is 9.41. The van der Waals surface area contributed by atoms with Crippen molar-refractivity contribution in [2.24, 2.45) is 5.11 Å². The predicted molar refractivity (Wildman–Crippen MR) is 58.1 cm³/mol. The van der Waals surface area contributed by atoms with Crippen LogP contribution in [0.4, 0.5) is 0 Å². The van der Waals surface area contributed by atoms with Crippen LogP contribution in [-0.4, -0.2) is 28.7 Å². The minimum atomic E-state index is -1.20. The van der Waals surface area contributed by atoms with E-state index in [2.05, 4.69) is 10.0 Å². The monoisotopic (exact) mass is 235 g/mol. The third-order valence-electron chi connectivity index (χ3n) is 2.16. The first-order chi connectivity index (χ1) is 8.07. The van der Waals surface area contributed by atoms with E-state index in [0.29, 0.717) is 0 Å². The summed E-state index contributed by atoms with van der Waals surface area (Å²) in [4.78, 5) is 24.4. The Balaban J connectivity index is 3.23. The first kappa shape index (κ1) is 12.5. The summed E-state index contributed by atoms with van der Waals surface area (Å²) in [6.45, 7) is 0.0150. The van der Waals surface area contributed by atoms with Gasteiger partial charge in [-0.05, 0) is 29.6 Å². The van der Waals surface area contributed by atoms with Crippen molar-refractivity contribution in [1.82, 2.24) is 0 Å². The molecule has 1 rings (SSSR count). The number of benzene rings is 1. The van der Waals surface area contributed by atoms with Crippen LogP contribution in [-0.2, 0) is 6.42 Å². The van der Waals surface area contributed by atoms with Gasteiger partial charge in [-0.15, -0.1) is 0 Å². The van der Waals surface area contributed by atoms with Gasteiger partial charge in [-0.25, -0.2) is 9.59 Å². The first-order valence-corrected chi connectivity index (χ1v) is 4.67. The van der Waals surface area contributed by atoms with E-state index >= 15 is 0 Å². The van der Waals surface area contributed by atoms with Crippen molar-refractivity contribution in [1.29, 1.82) is 0 Å². The van der Waals surface area contributed by atoms with E-state index in [1.165, 1.54) is 18.2 Å². The molecule has 0 radical (unpaired) electrons. The summed E-state index contributed by atoms with van der Waals surface area (Å²) < 4.78 is 0. The van der Waals surface area contributed by atoms with Gasteiger partial charge < -0.3 is 10.2 Å². The molecule has 0 saturated carbocycles. The zero-order valence-electron chi connectivity index (χ0n) is 8.70. The molecule has 0 aliphatic rings. The molecule has 0 spiro atoms. The van der Waals surface area contributed by atoms with Gasteiger partial charge in [0, 0.05) is 11.5 Å². The van der Waals surface area contributed by atoms with Gasteiger partial charge in [-0.2, -0.15) is 0 Å². The minimum absolute atomic E-state index is 0.0150. The van der Waals surface area contributed by atoms with E-state index in [-0.39, 0.29) is 29.7 Å². The Morgan fingerprint density at radius 1 is 1.24 bits per heavy atom. The maximum Gasteiger partial charge on any atom is 0.335 e. The predicted octanol–water partition coefficient (Wildman–Crippen LogP) is 1.94. The van der Waals surface area contributed by atoms with Crippen LogP contribution in [0, 0.1) is 0 Å². The van der Waals surface area contributed by atoms with Crippen LogP contribution in [0.5, 0.6) is 0 Å². The topological polar surface area (TPSA) is 123 Å². The van der Waals surface area contributed by atoms with Crippen LogP contribution in [0.25, 0.3) is 10.4 Å². The van der Waals surface area contributed by atoms with Gasteiger partial charge in [-0.3, -0.25) is 0 Å². The summed E-state index contributed by atoms with van der Waals surface area (Å²) in [6, 6.07) is 4.00. The van der Waals surface area contributed by atoms with Gasteiger partial charge in [0.15, 0.2) is 0 Å². The SMILES string of the molecule is [N-]=[N+]=NCCc1c(C(=O)O)cccc1C(=O)O. The molecule has 0 saturated heterocycles. The summed E-state index contributed by atoms with van der Waals surface area (Å²) in [5.41, 5.74) is 8.12. The van der Waals surface area contributed by atoms with E-state index < -0.39 is 11.9 Å². The molecule has 0 aliphatic heterocycles. The number of carboxylic acid groups (broad SMARTS) is 2. The van der Waals surface area contributed by atoms with Crippen molar-refractivity contribution in [2.75, 3.05) is 6.54 Å². The van der Waals surface area contributed by atoms with E-state index in [1.807, 2.05) is 0 Å². The standard InChI is InChI=1S/C10H9N3O4/c11-13-12-5-4-6-7(9(14)15)2-1-3-8(6)10(16)17/h1-3H,4-5H2,(H,14,15)(H,16,17). The van der Waals surface area contributed by atoms with Gasteiger partial charge in [0.05, 0.1) is 11.1 Å². The van der Waals surface area contributed by atoms with Crippen LogP contribution < -0.4 is 0 Å². The van der Waals surface area contributed by atoms with Gasteiger partial charge in [0.1, 0.15) is 0 Å². The molecule has 1 aromatic rings. The Morgan fingerprint density at radius 2 is 1.76 bits per heavy atom. The van der Waals surface area contributed by atoms with Crippen molar-refractivity contribution < 1.29 is 19.8 Å². The zero-order chi connectivity index (χ0) is 12.8. The van der Waals surface area contributed by atoms with Gasteiger partial charge in [0.2, 0.25) is 0 Å². The average molecular weight is 235 g/mol. The van der Waals surface area contributed by atoms with Crippen molar-refractivity contribution in [3.8, 4) is 0 Å². The molecular weight excluding hydrogens is 226 g/mol. The highest BCUT2D eigenvalue weighted by Crippen LogP contribution is 2.16. The number of carbonyl (C=O) groups is 2. The van der Waals surface area contributed by atoms with Crippen LogP contribution >= 0.6 is 0 Å². The lowest BCUT2D eigenvalue weighted by molar-refractivity contribution is 0.0695. The highest BCUT2D eigenvalue weighted by Gasteiger charge is 2.17. The Kier molecular flexibility index (Phi) is 4.08. The van der Waals surface area contributed by atoms with Crippen molar-refractivity contribution in [3.05, 3.63) is 45.3 Å². The largest absolute Gasteiger partial charge is 0.478 e. The molecule has 17 heavy (non-hydrogen) atoms. The summed E-state index contributed by atoms with van der Waals surface area (Å²) in [5, 5.41) is 21.1. The molecule has 0 amide bonds. The van der Waals surface area contributed by atoms with E-state index in [0.717, 1.165) is 0 Å². The summed E-state index contributed by atoms with van der Waals surface area (Å²) in [5.74, 6) is -2.41. The molecule has 0 atom stereocenters. The quantitative estimate of drug-likeness (QED) is 0.459. The molecule has 0 unspecified atom stereocenters. The molecule has 2 N–H and O–H groups in total.